The SMILES string of the molecule is CCOC(=O)c1n[nH]c(CCCO)n1. The number of carbonyl (C=O) groups excluding carboxylic acids is 1. The number of hydrogen-bond acceptors (Lipinski definition) is 5. The summed E-state index contributed by atoms with van der Waals surface area (Å²) >= 11 is 0. The Kier molecular flexibility index (Phi) is 4.06. The van der Waals surface area contributed by atoms with E-state index in [9.17, 15) is 4.79 Å². The molecule has 0 aliphatic heterocycles. The first-order chi connectivity index (χ1) is 6.77. The average molecular weight is 199 g/mol. The van der Waals surface area contributed by atoms with Crippen molar-refractivity contribution in [2.45, 2.75) is 19.8 Å². The van der Waals surface area contributed by atoms with E-state index in [0.29, 0.717) is 25.3 Å². The van der Waals surface area contributed by atoms with Crippen LogP contribution in [0.2, 0.25) is 0 Å². The highest BCUT2D eigenvalue weighted by Gasteiger charge is 2.12. The molecule has 0 fully saturated rings. The van der Waals surface area contributed by atoms with E-state index in [0.717, 1.165) is 0 Å². The Hall–Kier alpha value is -1.43. The molecule has 6 heteroatoms. The lowest BCUT2D eigenvalue weighted by molar-refractivity contribution is 0.0512. The number of ether oxygens (including phenoxy) is 1. The molecule has 14 heavy (non-hydrogen) atoms. The molecule has 0 radical (unpaired) electrons. The standard InChI is InChI=1S/C8H13N3O3/c1-2-14-8(13)7-9-6(10-11-7)4-3-5-12/h12H,2-5H2,1H3,(H,9,10,11). The van der Waals surface area contributed by atoms with E-state index in [-0.39, 0.29) is 12.4 Å². The highest BCUT2D eigenvalue weighted by molar-refractivity contribution is 5.84. The molecule has 2 N–H and O–H groups in total. The fourth-order valence-electron chi connectivity index (χ4n) is 0.941. The van der Waals surface area contributed by atoms with Crippen LogP contribution < -0.4 is 0 Å². The van der Waals surface area contributed by atoms with Gasteiger partial charge in [0.15, 0.2) is 0 Å². The van der Waals surface area contributed by atoms with Crippen molar-refractivity contribution in [3.05, 3.63) is 11.6 Å². The Balaban J connectivity index is 2.54. The molecule has 0 atom stereocenters. The number of nitrogens with zero attached hydrogens (tertiary/aromatic N) is 2. The summed E-state index contributed by atoms with van der Waals surface area (Å²) in [5, 5.41) is 14.9. The number of H-pyrrole nitrogens is 1. The Morgan fingerprint density at radius 1 is 1.64 bits per heavy atom. The summed E-state index contributed by atoms with van der Waals surface area (Å²) in [4.78, 5) is 15.0. The molecule has 1 aromatic rings. The van der Waals surface area contributed by atoms with Gasteiger partial charge in [0.25, 0.3) is 5.82 Å². The number of aliphatic hydroxyl groups excluding tert-OH is 1. The molecule has 78 valence electrons. The molecule has 0 bridgehead atoms. The fraction of sp³-hybridized carbons (Fsp3) is 0.625. The number of esters is 1. The van der Waals surface area contributed by atoms with E-state index >= 15 is 0 Å². The van der Waals surface area contributed by atoms with Gasteiger partial charge >= 0.3 is 5.97 Å². The third kappa shape index (κ3) is 2.81. The highest BCUT2D eigenvalue weighted by Crippen LogP contribution is 1.98. The first-order valence-electron chi connectivity index (χ1n) is 4.47. The van der Waals surface area contributed by atoms with E-state index in [2.05, 4.69) is 15.2 Å². The second kappa shape index (κ2) is 5.33. The lowest BCUT2D eigenvalue weighted by Gasteiger charge is -1.94. The molecule has 1 rings (SSSR count). The second-order valence-electron chi connectivity index (χ2n) is 2.65. The number of aliphatic hydroxyl groups is 1. The number of aromatic amines is 1. The zero-order chi connectivity index (χ0) is 10.4. The monoisotopic (exact) mass is 199 g/mol. The van der Waals surface area contributed by atoms with Crippen LogP contribution in [0, 0.1) is 0 Å². The van der Waals surface area contributed by atoms with Gasteiger partial charge in [0.2, 0.25) is 0 Å². The maximum Gasteiger partial charge on any atom is 0.378 e. The van der Waals surface area contributed by atoms with Crippen LogP contribution in [-0.4, -0.2) is 39.5 Å². The maximum atomic E-state index is 11.1. The topological polar surface area (TPSA) is 88.1 Å². The minimum Gasteiger partial charge on any atom is -0.460 e. The molecular formula is C8H13N3O3. The largest absolute Gasteiger partial charge is 0.460 e. The van der Waals surface area contributed by atoms with Gasteiger partial charge < -0.3 is 9.84 Å². The molecule has 0 amide bonds. The van der Waals surface area contributed by atoms with Crippen LogP contribution in [0.3, 0.4) is 0 Å². The minimum atomic E-state index is -0.529. The van der Waals surface area contributed by atoms with Gasteiger partial charge in [-0.2, -0.15) is 0 Å². The molecule has 0 unspecified atom stereocenters. The van der Waals surface area contributed by atoms with E-state index in [1.165, 1.54) is 0 Å². The van der Waals surface area contributed by atoms with Gasteiger partial charge in [-0.05, 0) is 13.3 Å². The lowest BCUT2D eigenvalue weighted by Crippen LogP contribution is -2.06. The molecule has 0 saturated carbocycles. The molecule has 6 nitrogen and oxygen atoms in total. The van der Waals surface area contributed by atoms with Gasteiger partial charge in [-0.3, -0.25) is 5.10 Å². The van der Waals surface area contributed by atoms with E-state index < -0.39 is 5.97 Å². The number of aromatic nitrogens is 3. The summed E-state index contributed by atoms with van der Waals surface area (Å²) in [6, 6.07) is 0. The lowest BCUT2D eigenvalue weighted by atomic mass is 10.3. The number of aryl methyl sites for hydroxylation is 1. The highest BCUT2D eigenvalue weighted by atomic mass is 16.5. The third-order valence-corrected chi connectivity index (χ3v) is 1.56. The smallest absolute Gasteiger partial charge is 0.378 e. The quantitative estimate of drug-likeness (QED) is 0.647. The second-order valence-corrected chi connectivity index (χ2v) is 2.65. The Morgan fingerprint density at radius 3 is 3.07 bits per heavy atom. The van der Waals surface area contributed by atoms with Crippen LogP contribution in [0.15, 0.2) is 0 Å². The van der Waals surface area contributed by atoms with Crippen LogP contribution >= 0.6 is 0 Å². The summed E-state index contributed by atoms with van der Waals surface area (Å²) in [5.74, 6) is 0.0980. The Morgan fingerprint density at radius 2 is 2.43 bits per heavy atom. The van der Waals surface area contributed by atoms with Gasteiger partial charge in [-0.1, -0.05) is 0 Å². The molecule has 0 aromatic carbocycles. The van der Waals surface area contributed by atoms with Crippen molar-refractivity contribution in [1.82, 2.24) is 15.2 Å². The van der Waals surface area contributed by atoms with Gasteiger partial charge in [0.05, 0.1) is 6.61 Å². The zero-order valence-electron chi connectivity index (χ0n) is 7.99. The van der Waals surface area contributed by atoms with Gasteiger partial charge in [-0.25, -0.2) is 9.78 Å². The van der Waals surface area contributed by atoms with Crippen molar-refractivity contribution < 1.29 is 14.6 Å². The third-order valence-electron chi connectivity index (χ3n) is 1.56. The van der Waals surface area contributed by atoms with Crippen molar-refractivity contribution in [3.63, 3.8) is 0 Å². The molecule has 0 aliphatic rings. The normalized spacial score (nSPS) is 10.1. The minimum absolute atomic E-state index is 0.0415. The predicted octanol–water partition coefficient (Wildman–Crippen LogP) is -0.0937. The fourth-order valence-corrected chi connectivity index (χ4v) is 0.941. The molecule has 0 saturated heterocycles. The van der Waals surface area contributed by atoms with Crippen molar-refractivity contribution in [1.29, 1.82) is 0 Å². The van der Waals surface area contributed by atoms with Crippen molar-refractivity contribution in [3.8, 4) is 0 Å². The number of rotatable bonds is 5. The Bertz CT molecular complexity index is 298. The summed E-state index contributed by atoms with van der Waals surface area (Å²) in [6.07, 6.45) is 1.17. The van der Waals surface area contributed by atoms with Crippen molar-refractivity contribution in [2.24, 2.45) is 0 Å². The molecular weight excluding hydrogens is 186 g/mol. The summed E-state index contributed by atoms with van der Waals surface area (Å²) in [6.45, 7) is 2.12. The maximum absolute atomic E-state index is 11.1. The number of nitrogens with one attached hydrogen (secondary N) is 1. The van der Waals surface area contributed by atoms with Crippen LogP contribution in [-0.2, 0) is 11.2 Å². The molecule has 1 aromatic heterocycles. The Labute approximate surface area is 81.3 Å². The van der Waals surface area contributed by atoms with Crippen LogP contribution in [0.1, 0.15) is 29.8 Å². The number of hydrogen-bond donors (Lipinski definition) is 2. The van der Waals surface area contributed by atoms with Crippen LogP contribution in [0.25, 0.3) is 0 Å². The van der Waals surface area contributed by atoms with Gasteiger partial charge in [0.1, 0.15) is 5.82 Å². The van der Waals surface area contributed by atoms with E-state index in [1.807, 2.05) is 0 Å². The van der Waals surface area contributed by atoms with E-state index in [4.69, 9.17) is 9.84 Å². The van der Waals surface area contributed by atoms with Crippen LogP contribution in [0.4, 0.5) is 0 Å². The van der Waals surface area contributed by atoms with Crippen molar-refractivity contribution >= 4 is 5.97 Å². The van der Waals surface area contributed by atoms with Crippen LogP contribution in [0.5, 0.6) is 0 Å². The average Bonchev–Trinajstić information content (AvgIpc) is 2.63. The van der Waals surface area contributed by atoms with E-state index in [1.54, 1.807) is 6.92 Å². The first kappa shape index (κ1) is 10.6. The summed E-state index contributed by atoms with van der Waals surface area (Å²) in [5.41, 5.74) is 0. The summed E-state index contributed by atoms with van der Waals surface area (Å²) in [7, 11) is 0. The predicted molar refractivity (Wildman–Crippen MR) is 47.7 cm³/mol. The molecule has 0 aliphatic carbocycles. The van der Waals surface area contributed by atoms with Gasteiger partial charge in [-0.15, -0.1) is 5.10 Å². The summed E-state index contributed by atoms with van der Waals surface area (Å²) < 4.78 is 4.71. The first-order valence-corrected chi connectivity index (χ1v) is 4.47. The number of carbonyl (C=O) groups is 1. The molecule has 1 heterocycles. The van der Waals surface area contributed by atoms with Gasteiger partial charge in [0, 0.05) is 13.0 Å². The zero-order valence-corrected chi connectivity index (χ0v) is 7.99. The van der Waals surface area contributed by atoms with Crippen molar-refractivity contribution in [2.75, 3.05) is 13.2 Å². The molecule has 0 spiro atoms.